The molecule has 0 amide bonds. The van der Waals surface area contributed by atoms with E-state index in [2.05, 4.69) is 64.1 Å². The third-order valence-electron chi connectivity index (χ3n) is 4.94. The first-order chi connectivity index (χ1) is 12.2. The van der Waals surface area contributed by atoms with Crippen molar-refractivity contribution in [3.05, 3.63) is 67.6 Å². The van der Waals surface area contributed by atoms with Gasteiger partial charge in [-0.05, 0) is 65.5 Å². The molecule has 0 atom stereocenters. The number of aryl methyl sites for hydroxylation is 1. The molecule has 0 fully saturated rings. The number of nitrogens with zero attached hydrogens (tertiary/aromatic N) is 2. The van der Waals surface area contributed by atoms with Gasteiger partial charge in [-0.1, -0.05) is 24.3 Å². The average molecular weight is 445 g/mol. The average Bonchev–Trinajstić information content (AvgIpc) is 3.06. The molecule has 2 heterocycles. The Labute approximate surface area is 160 Å². The first-order valence-corrected chi connectivity index (χ1v) is 9.73. The van der Waals surface area contributed by atoms with Crippen molar-refractivity contribution in [2.24, 2.45) is 5.92 Å². The summed E-state index contributed by atoms with van der Waals surface area (Å²) in [5.74, 6) is 0.594. The van der Waals surface area contributed by atoms with Gasteiger partial charge in [-0.2, -0.15) is 0 Å². The van der Waals surface area contributed by atoms with E-state index in [-0.39, 0.29) is 5.43 Å². The molecule has 1 N–H and O–H groups in total. The minimum Gasteiger partial charge on any atom is -0.383 e. The van der Waals surface area contributed by atoms with Gasteiger partial charge < -0.3 is 9.88 Å². The van der Waals surface area contributed by atoms with Crippen LogP contribution in [0.15, 0.2) is 47.5 Å². The maximum absolute atomic E-state index is 12.5. The van der Waals surface area contributed by atoms with Gasteiger partial charge in [-0.15, -0.1) is 0 Å². The van der Waals surface area contributed by atoms with E-state index in [1.807, 2.05) is 23.0 Å². The maximum atomic E-state index is 12.5. The molecule has 1 aliphatic carbocycles. The first-order valence-electron chi connectivity index (χ1n) is 8.65. The number of anilines is 1. The van der Waals surface area contributed by atoms with Gasteiger partial charge in [-0.25, -0.2) is 4.98 Å². The molecule has 0 aliphatic heterocycles. The standard InChI is InChI=1S/C20H20IN3O/c1-2-24-12-18(21)19(25)17-9-16(11-23-20(17)24)22-10-13-7-14-5-3-4-6-15(14)8-13/h3-6,9,11-13,22H,2,7-8,10H2,1H3. The van der Waals surface area contributed by atoms with Gasteiger partial charge in [0.2, 0.25) is 5.43 Å². The largest absolute Gasteiger partial charge is 0.383 e. The summed E-state index contributed by atoms with van der Waals surface area (Å²) in [5.41, 5.74) is 4.67. The molecule has 0 saturated heterocycles. The lowest BCUT2D eigenvalue weighted by Crippen LogP contribution is -2.16. The van der Waals surface area contributed by atoms with Gasteiger partial charge in [0.15, 0.2) is 0 Å². The predicted molar refractivity (Wildman–Crippen MR) is 110 cm³/mol. The Hall–Kier alpha value is -1.89. The fourth-order valence-corrected chi connectivity index (χ4v) is 4.26. The highest BCUT2D eigenvalue weighted by atomic mass is 127. The third kappa shape index (κ3) is 3.17. The molecule has 1 aliphatic rings. The number of pyridine rings is 2. The maximum Gasteiger partial charge on any atom is 0.204 e. The number of fused-ring (bicyclic) bond motifs is 2. The van der Waals surface area contributed by atoms with Crippen LogP contribution in [0.3, 0.4) is 0 Å². The second kappa shape index (κ2) is 6.78. The Kier molecular flexibility index (Phi) is 4.50. The minimum atomic E-state index is 0.0599. The van der Waals surface area contributed by atoms with Crippen LogP contribution in [0.1, 0.15) is 18.1 Å². The van der Waals surface area contributed by atoms with Crippen molar-refractivity contribution in [2.75, 3.05) is 11.9 Å². The zero-order chi connectivity index (χ0) is 17.4. The number of aromatic nitrogens is 2. The van der Waals surface area contributed by atoms with Crippen molar-refractivity contribution >= 4 is 39.3 Å². The Bertz CT molecular complexity index is 971. The van der Waals surface area contributed by atoms with Crippen LogP contribution >= 0.6 is 22.6 Å². The van der Waals surface area contributed by atoms with Crippen LogP contribution in [0, 0.1) is 9.49 Å². The van der Waals surface area contributed by atoms with E-state index in [1.54, 1.807) is 0 Å². The lowest BCUT2D eigenvalue weighted by atomic mass is 10.1. The molecule has 5 heteroatoms. The molecule has 4 rings (SSSR count). The highest BCUT2D eigenvalue weighted by molar-refractivity contribution is 14.1. The van der Waals surface area contributed by atoms with Crippen LogP contribution < -0.4 is 10.7 Å². The van der Waals surface area contributed by atoms with Crippen LogP contribution in [0.2, 0.25) is 0 Å². The van der Waals surface area contributed by atoms with Crippen LogP contribution in [-0.2, 0) is 19.4 Å². The van der Waals surface area contributed by atoms with Crippen molar-refractivity contribution in [3.63, 3.8) is 0 Å². The summed E-state index contributed by atoms with van der Waals surface area (Å²) in [4.78, 5) is 17.0. The van der Waals surface area contributed by atoms with E-state index in [9.17, 15) is 4.79 Å². The minimum absolute atomic E-state index is 0.0599. The van der Waals surface area contributed by atoms with Crippen LogP contribution in [0.25, 0.3) is 11.0 Å². The first kappa shape index (κ1) is 16.6. The van der Waals surface area contributed by atoms with E-state index in [0.29, 0.717) is 11.3 Å². The Balaban J connectivity index is 1.55. The number of rotatable bonds is 4. The molecule has 0 bridgehead atoms. The quantitative estimate of drug-likeness (QED) is 0.621. The number of hydrogen-bond donors (Lipinski definition) is 1. The molecule has 2 aromatic heterocycles. The second-order valence-electron chi connectivity index (χ2n) is 6.61. The van der Waals surface area contributed by atoms with Gasteiger partial charge in [0.1, 0.15) is 5.65 Å². The zero-order valence-corrected chi connectivity index (χ0v) is 16.3. The third-order valence-corrected chi connectivity index (χ3v) is 5.71. The molecular formula is C20H20IN3O. The van der Waals surface area contributed by atoms with E-state index in [1.165, 1.54) is 11.1 Å². The van der Waals surface area contributed by atoms with Gasteiger partial charge in [0, 0.05) is 19.3 Å². The number of hydrogen-bond acceptors (Lipinski definition) is 3. The molecule has 1 aromatic carbocycles. The topological polar surface area (TPSA) is 46.9 Å². The number of benzene rings is 1. The monoisotopic (exact) mass is 445 g/mol. The normalized spacial score (nSPS) is 14.0. The van der Waals surface area contributed by atoms with Crippen molar-refractivity contribution in [3.8, 4) is 0 Å². The summed E-state index contributed by atoms with van der Waals surface area (Å²) in [7, 11) is 0. The summed E-state index contributed by atoms with van der Waals surface area (Å²) in [5, 5.41) is 4.17. The van der Waals surface area contributed by atoms with Crippen molar-refractivity contribution in [1.29, 1.82) is 0 Å². The van der Waals surface area contributed by atoms with E-state index < -0.39 is 0 Å². The summed E-state index contributed by atoms with van der Waals surface area (Å²) in [6.45, 7) is 3.76. The molecule has 0 radical (unpaired) electrons. The lowest BCUT2D eigenvalue weighted by molar-refractivity contribution is 0.593. The SMILES string of the molecule is CCn1cc(I)c(=O)c2cc(NCC3Cc4ccccc4C3)cnc21. The van der Waals surface area contributed by atoms with E-state index in [0.717, 1.165) is 40.8 Å². The van der Waals surface area contributed by atoms with Crippen molar-refractivity contribution in [1.82, 2.24) is 9.55 Å². The fraction of sp³-hybridized carbons (Fsp3) is 0.300. The van der Waals surface area contributed by atoms with Gasteiger partial charge in [0.05, 0.1) is 20.8 Å². The molecule has 3 aromatic rings. The van der Waals surface area contributed by atoms with Gasteiger partial charge in [-0.3, -0.25) is 4.79 Å². The van der Waals surface area contributed by atoms with E-state index in [4.69, 9.17) is 0 Å². The Morgan fingerprint density at radius 1 is 1.28 bits per heavy atom. The number of nitrogens with one attached hydrogen (secondary N) is 1. The zero-order valence-electron chi connectivity index (χ0n) is 14.1. The summed E-state index contributed by atoms with van der Waals surface area (Å²) >= 11 is 2.10. The smallest absolute Gasteiger partial charge is 0.204 e. The summed E-state index contributed by atoms with van der Waals surface area (Å²) in [6, 6.07) is 10.6. The Morgan fingerprint density at radius 2 is 2.00 bits per heavy atom. The second-order valence-corrected chi connectivity index (χ2v) is 7.77. The van der Waals surface area contributed by atoms with Crippen molar-refractivity contribution < 1.29 is 0 Å². The highest BCUT2D eigenvalue weighted by Gasteiger charge is 2.20. The van der Waals surface area contributed by atoms with Crippen LogP contribution in [0.5, 0.6) is 0 Å². The van der Waals surface area contributed by atoms with Gasteiger partial charge in [0.25, 0.3) is 0 Å². The molecule has 128 valence electrons. The van der Waals surface area contributed by atoms with Crippen molar-refractivity contribution in [2.45, 2.75) is 26.3 Å². The Morgan fingerprint density at radius 3 is 2.68 bits per heavy atom. The molecule has 25 heavy (non-hydrogen) atoms. The van der Waals surface area contributed by atoms with Crippen LogP contribution in [-0.4, -0.2) is 16.1 Å². The molecule has 0 unspecified atom stereocenters. The molecular weight excluding hydrogens is 425 g/mol. The fourth-order valence-electron chi connectivity index (χ4n) is 3.63. The summed E-state index contributed by atoms with van der Waals surface area (Å²) in [6.07, 6.45) is 5.94. The molecule has 0 saturated carbocycles. The van der Waals surface area contributed by atoms with Crippen LogP contribution in [0.4, 0.5) is 5.69 Å². The molecule has 4 nitrogen and oxygen atoms in total. The number of halogens is 1. The van der Waals surface area contributed by atoms with Gasteiger partial charge >= 0.3 is 0 Å². The van der Waals surface area contributed by atoms with E-state index >= 15 is 0 Å². The lowest BCUT2D eigenvalue weighted by Gasteiger charge is -2.13. The highest BCUT2D eigenvalue weighted by Crippen LogP contribution is 2.27. The predicted octanol–water partition coefficient (Wildman–Crippen LogP) is 3.85. The summed E-state index contributed by atoms with van der Waals surface area (Å²) < 4.78 is 2.76. The molecule has 0 spiro atoms.